The smallest absolute Gasteiger partial charge is 0.343 e. The van der Waals surface area contributed by atoms with Gasteiger partial charge in [0.15, 0.2) is 0 Å². The van der Waals surface area contributed by atoms with Crippen molar-refractivity contribution in [2.45, 2.75) is 45.6 Å². The van der Waals surface area contributed by atoms with E-state index in [1.165, 1.54) is 25.0 Å². The van der Waals surface area contributed by atoms with Crippen LogP contribution in [0.3, 0.4) is 0 Å². The number of nitro benzene ring substituents is 1. The van der Waals surface area contributed by atoms with E-state index in [0.29, 0.717) is 12.2 Å². The zero-order valence-corrected chi connectivity index (χ0v) is 12.2. The summed E-state index contributed by atoms with van der Waals surface area (Å²) in [6.07, 6.45) is 5.54. The van der Waals surface area contributed by atoms with Crippen LogP contribution in [-0.2, 0) is 11.3 Å². The molecule has 0 saturated carbocycles. The minimum atomic E-state index is -1.30. The zero-order valence-electron chi connectivity index (χ0n) is 12.2. The highest BCUT2D eigenvalue weighted by Gasteiger charge is 2.23. The number of nitro groups is 1. The van der Waals surface area contributed by atoms with Crippen LogP contribution in [0.15, 0.2) is 18.2 Å². The Morgan fingerprint density at radius 3 is 2.62 bits per heavy atom. The van der Waals surface area contributed by atoms with Crippen LogP contribution >= 0.6 is 0 Å². The predicted molar refractivity (Wildman–Crippen MR) is 78.5 cm³/mol. The van der Waals surface area contributed by atoms with Crippen molar-refractivity contribution < 1.29 is 19.6 Å². The molecule has 0 bridgehead atoms. The van der Waals surface area contributed by atoms with Gasteiger partial charge >= 0.3 is 5.97 Å². The number of ether oxygens (including phenoxy) is 1. The Hall–Kier alpha value is -1.95. The van der Waals surface area contributed by atoms with Crippen molar-refractivity contribution in [3.05, 3.63) is 39.4 Å². The molecule has 0 aliphatic carbocycles. The summed E-state index contributed by atoms with van der Waals surface area (Å²) >= 11 is 0. The topological polar surface area (TPSA) is 89.7 Å². The number of aromatic carboxylic acids is 1. The molecule has 21 heavy (non-hydrogen) atoms. The van der Waals surface area contributed by atoms with Gasteiger partial charge in [-0.15, -0.1) is 0 Å². The number of hydrogen-bond donors (Lipinski definition) is 1. The van der Waals surface area contributed by atoms with E-state index in [0.717, 1.165) is 19.3 Å². The highest BCUT2D eigenvalue weighted by atomic mass is 16.6. The van der Waals surface area contributed by atoms with E-state index in [1.807, 2.05) is 0 Å². The molecule has 0 heterocycles. The molecule has 1 rings (SSSR count). The second kappa shape index (κ2) is 9.07. The van der Waals surface area contributed by atoms with Crippen LogP contribution < -0.4 is 0 Å². The summed E-state index contributed by atoms with van der Waals surface area (Å²) in [5.74, 6) is -1.30. The molecule has 0 aliphatic rings. The van der Waals surface area contributed by atoms with Gasteiger partial charge in [-0.3, -0.25) is 10.1 Å². The van der Waals surface area contributed by atoms with E-state index in [-0.39, 0.29) is 12.2 Å². The summed E-state index contributed by atoms with van der Waals surface area (Å²) in [7, 11) is 0. The van der Waals surface area contributed by atoms with Crippen LogP contribution in [0.1, 0.15) is 54.9 Å². The van der Waals surface area contributed by atoms with Gasteiger partial charge in [0.1, 0.15) is 5.56 Å². The molecule has 0 unspecified atom stereocenters. The van der Waals surface area contributed by atoms with Gasteiger partial charge < -0.3 is 9.84 Å². The lowest BCUT2D eigenvalue weighted by molar-refractivity contribution is -0.385. The molecule has 0 aliphatic heterocycles. The molecule has 1 aromatic carbocycles. The SMILES string of the molecule is CCCCCCCOCc1cccc([N+](=O)[O-])c1C(=O)O. The zero-order chi connectivity index (χ0) is 15.7. The fraction of sp³-hybridized carbons (Fsp3) is 0.533. The first-order valence-corrected chi connectivity index (χ1v) is 7.15. The maximum atomic E-state index is 11.2. The molecule has 0 fully saturated rings. The number of carboxylic acids is 1. The lowest BCUT2D eigenvalue weighted by atomic mass is 10.1. The van der Waals surface area contributed by atoms with Gasteiger partial charge in [0.05, 0.1) is 11.5 Å². The molecule has 0 atom stereocenters. The van der Waals surface area contributed by atoms with Gasteiger partial charge in [-0.2, -0.15) is 0 Å². The molecule has 0 aromatic heterocycles. The minimum absolute atomic E-state index is 0.0804. The Bertz CT molecular complexity index is 487. The van der Waals surface area contributed by atoms with E-state index < -0.39 is 16.6 Å². The van der Waals surface area contributed by atoms with Gasteiger partial charge in [0.2, 0.25) is 0 Å². The number of benzene rings is 1. The van der Waals surface area contributed by atoms with E-state index in [9.17, 15) is 14.9 Å². The Morgan fingerprint density at radius 2 is 2.00 bits per heavy atom. The molecule has 6 heteroatoms. The van der Waals surface area contributed by atoms with Crippen molar-refractivity contribution in [2.24, 2.45) is 0 Å². The number of carboxylic acid groups (broad SMARTS) is 1. The number of rotatable bonds is 10. The monoisotopic (exact) mass is 295 g/mol. The van der Waals surface area contributed by atoms with Crippen LogP contribution in [0.25, 0.3) is 0 Å². The van der Waals surface area contributed by atoms with Gasteiger partial charge in [-0.25, -0.2) is 4.79 Å². The molecule has 0 saturated heterocycles. The minimum Gasteiger partial charge on any atom is -0.477 e. The molecule has 6 nitrogen and oxygen atoms in total. The van der Waals surface area contributed by atoms with Crippen molar-refractivity contribution in [1.82, 2.24) is 0 Å². The summed E-state index contributed by atoms with van der Waals surface area (Å²) in [6.45, 7) is 2.76. The molecular formula is C15H21NO5. The maximum absolute atomic E-state index is 11.2. The lowest BCUT2D eigenvalue weighted by Gasteiger charge is -2.08. The highest BCUT2D eigenvalue weighted by Crippen LogP contribution is 2.23. The van der Waals surface area contributed by atoms with Crippen molar-refractivity contribution in [3.8, 4) is 0 Å². The first kappa shape index (κ1) is 17.1. The maximum Gasteiger partial charge on any atom is 0.343 e. The van der Waals surface area contributed by atoms with E-state index in [4.69, 9.17) is 9.84 Å². The Labute approximate surface area is 123 Å². The van der Waals surface area contributed by atoms with Crippen LogP contribution in [-0.4, -0.2) is 22.6 Å². The fourth-order valence-corrected chi connectivity index (χ4v) is 2.10. The number of unbranched alkanes of at least 4 members (excludes halogenated alkanes) is 4. The molecule has 0 radical (unpaired) electrons. The van der Waals surface area contributed by atoms with Crippen LogP contribution in [0, 0.1) is 10.1 Å². The molecular weight excluding hydrogens is 274 g/mol. The number of carbonyl (C=O) groups is 1. The van der Waals surface area contributed by atoms with Crippen molar-refractivity contribution in [3.63, 3.8) is 0 Å². The molecule has 1 aromatic rings. The highest BCUT2D eigenvalue weighted by molar-refractivity contribution is 5.94. The van der Waals surface area contributed by atoms with Crippen molar-refractivity contribution in [1.29, 1.82) is 0 Å². The summed E-state index contributed by atoms with van der Waals surface area (Å²) in [5, 5.41) is 20.0. The average molecular weight is 295 g/mol. The third kappa shape index (κ3) is 5.51. The second-order valence-corrected chi connectivity index (χ2v) is 4.84. The first-order chi connectivity index (χ1) is 10.1. The van der Waals surface area contributed by atoms with Gasteiger partial charge in [-0.1, -0.05) is 44.7 Å². The quantitative estimate of drug-likeness (QED) is 0.403. The van der Waals surface area contributed by atoms with Crippen LogP contribution in [0.2, 0.25) is 0 Å². The molecule has 0 spiro atoms. The van der Waals surface area contributed by atoms with Gasteiger partial charge in [0.25, 0.3) is 5.69 Å². The van der Waals surface area contributed by atoms with E-state index in [2.05, 4.69) is 6.92 Å². The lowest BCUT2D eigenvalue weighted by Crippen LogP contribution is -2.08. The van der Waals surface area contributed by atoms with Gasteiger partial charge in [-0.05, 0) is 12.0 Å². The van der Waals surface area contributed by atoms with Crippen molar-refractivity contribution >= 4 is 11.7 Å². The number of hydrogen-bond acceptors (Lipinski definition) is 4. The summed E-state index contributed by atoms with van der Waals surface area (Å²) in [5.41, 5.74) is -0.342. The third-order valence-corrected chi connectivity index (χ3v) is 3.19. The fourth-order valence-electron chi connectivity index (χ4n) is 2.10. The summed E-state index contributed by atoms with van der Waals surface area (Å²) in [4.78, 5) is 21.4. The normalized spacial score (nSPS) is 10.5. The van der Waals surface area contributed by atoms with Crippen LogP contribution in [0.4, 0.5) is 5.69 Å². The predicted octanol–water partition coefficient (Wildman–Crippen LogP) is 3.78. The Balaban J connectivity index is 2.57. The first-order valence-electron chi connectivity index (χ1n) is 7.15. The number of nitrogens with zero attached hydrogens (tertiary/aromatic N) is 1. The Kier molecular flexibility index (Phi) is 7.39. The van der Waals surface area contributed by atoms with E-state index in [1.54, 1.807) is 6.07 Å². The van der Waals surface area contributed by atoms with Crippen LogP contribution in [0.5, 0.6) is 0 Å². The average Bonchev–Trinajstić information content (AvgIpc) is 2.45. The van der Waals surface area contributed by atoms with Gasteiger partial charge in [0, 0.05) is 12.7 Å². The molecule has 116 valence electrons. The molecule has 0 amide bonds. The largest absolute Gasteiger partial charge is 0.477 e. The van der Waals surface area contributed by atoms with Crippen molar-refractivity contribution in [2.75, 3.05) is 6.61 Å². The Morgan fingerprint density at radius 1 is 1.29 bits per heavy atom. The summed E-state index contributed by atoms with van der Waals surface area (Å²) < 4.78 is 5.44. The van der Waals surface area contributed by atoms with E-state index >= 15 is 0 Å². The molecule has 1 N–H and O–H groups in total. The second-order valence-electron chi connectivity index (χ2n) is 4.84. The standard InChI is InChI=1S/C15H21NO5/c1-2-3-4-5-6-10-21-11-12-8-7-9-13(16(19)20)14(12)15(17)18/h7-9H,2-6,10-11H2,1H3,(H,17,18). The third-order valence-electron chi connectivity index (χ3n) is 3.19. The summed E-state index contributed by atoms with van der Waals surface area (Å²) in [6, 6.07) is 4.22.